The van der Waals surface area contributed by atoms with E-state index in [4.69, 9.17) is 15.2 Å². The van der Waals surface area contributed by atoms with Gasteiger partial charge in [-0.05, 0) is 55.0 Å². The summed E-state index contributed by atoms with van der Waals surface area (Å²) in [7, 11) is 0. The highest BCUT2D eigenvalue weighted by Gasteiger charge is 2.05. The number of nitrogen functional groups attached to an aromatic ring is 1. The predicted molar refractivity (Wildman–Crippen MR) is 125 cm³/mol. The van der Waals surface area contributed by atoms with Crippen LogP contribution < -0.4 is 15.2 Å². The smallest absolute Gasteiger partial charge is 0.165 e. The molecule has 0 aliphatic rings. The zero-order valence-corrected chi connectivity index (χ0v) is 17.8. The third-order valence-corrected chi connectivity index (χ3v) is 4.79. The Hall–Kier alpha value is -4.39. The van der Waals surface area contributed by atoms with Crippen LogP contribution in [0.15, 0.2) is 91.1 Å². The molecule has 1 heterocycles. The molecule has 5 rings (SSSR count). The molecule has 0 spiro atoms. The van der Waals surface area contributed by atoms with Crippen molar-refractivity contribution >= 4 is 16.6 Å². The Bertz CT molecular complexity index is 1390. The van der Waals surface area contributed by atoms with Crippen molar-refractivity contribution in [2.75, 3.05) is 5.73 Å². The van der Waals surface area contributed by atoms with Gasteiger partial charge < -0.3 is 15.2 Å². The normalized spacial score (nSPS) is 10.4. The molecule has 4 aromatic carbocycles. The average molecular weight is 445 g/mol. The number of rotatable bonds is 4. The Labute approximate surface area is 189 Å². The van der Waals surface area contributed by atoms with Crippen LogP contribution in [0.1, 0.15) is 5.56 Å². The molecule has 0 atom stereocenters. The van der Waals surface area contributed by atoms with Crippen LogP contribution >= 0.6 is 0 Å². The first-order valence-corrected chi connectivity index (χ1v) is 10.1. The van der Waals surface area contributed by atoms with Crippen LogP contribution in [-0.4, -0.2) is 10.2 Å². The van der Waals surface area contributed by atoms with Gasteiger partial charge in [-0.1, -0.05) is 30.3 Å². The van der Waals surface area contributed by atoms with Gasteiger partial charge in [0.25, 0.3) is 0 Å². The molecule has 0 saturated heterocycles. The van der Waals surface area contributed by atoms with E-state index in [0.717, 1.165) is 16.5 Å². The predicted octanol–water partition coefficient (Wildman–Crippen LogP) is 7.00. The van der Waals surface area contributed by atoms with Gasteiger partial charge in [0, 0.05) is 23.2 Å². The number of hydrogen-bond acceptors (Lipinski definition) is 4. The van der Waals surface area contributed by atoms with Gasteiger partial charge in [-0.2, -0.15) is 5.10 Å². The third kappa shape index (κ3) is 5.46. The van der Waals surface area contributed by atoms with E-state index < -0.39 is 0 Å². The molecule has 166 valence electrons. The number of anilines is 1. The lowest BCUT2D eigenvalue weighted by molar-refractivity contribution is 0.442. The Morgan fingerprint density at radius 2 is 1.33 bits per heavy atom. The van der Waals surface area contributed by atoms with Crippen LogP contribution in [-0.2, 0) is 0 Å². The molecule has 3 N–H and O–H groups in total. The average Bonchev–Trinajstić information content (AvgIpc) is 3.28. The molecule has 7 heteroatoms. The molecule has 33 heavy (non-hydrogen) atoms. The second kappa shape index (κ2) is 9.82. The molecule has 1 aromatic heterocycles. The summed E-state index contributed by atoms with van der Waals surface area (Å²) in [4.78, 5) is 0. The topological polar surface area (TPSA) is 73.2 Å². The summed E-state index contributed by atoms with van der Waals surface area (Å²) in [5.41, 5.74) is 8.20. The number of aromatic nitrogens is 2. The van der Waals surface area contributed by atoms with E-state index in [1.165, 1.54) is 12.1 Å². The summed E-state index contributed by atoms with van der Waals surface area (Å²) in [6, 6.07) is 23.3. The molecule has 0 aliphatic carbocycles. The molecule has 0 unspecified atom stereocenters. The lowest BCUT2D eigenvalue weighted by Crippen LogP contribution is -1.92. The molecule has 5 aromatic rings. The van der Waals surface area contributed by atoms with Crippen molar-refractivity contribution in [3.8, 4) is 23.0 Å². The largest absolute Gasteiger partial charge is 0.454 e. The van der Waals surface area contributed by atoms with E-state index >= 15 is 0 Å². The summed E-state index contributed by atoms with van der Waals surface area (Å²) < 4.78 is 37.5. The number of hydrogen-bond donors (Lipinski definition) is 2. The van der Waals surface area contributed by atoms with Crippen LogP contribution in [0, 0.1) is 18.6 Å². The van der Waals surface area contributed by atoms with Gasteiger partial charge in [0.2, 0.25) is 0 Å². The molecule has 0 saturated carbocycles. The number of benzene rings is 4. The minimum absolute atomic E-state index is 0.200. The molecule has 5 nitrogen and oxygen atoms in total. The molecular weight excluding hydrogens is 424 g/mol. The number of nitrogens with zero attached hydrogens (tertiary/aromatic N) is 1. The maximum absolute atomic E-state index is 13.4. The number of fused-ring (bicyclic) bond motifs is 1. The summed E-state index contributed by atoms with van der Waals surface area (Å²) in [5.74, 6) is 0.760. The lowest BCUT2D eigenvalue weighted by atomic mass is 10.2. The zero-order chi connectivity index (χ0) is 23.2. The second-order valence-electron chi connectivity index (χ2n) is 7.20. The van der Waals surface area contributed by atoms with E-state index in [-0.39, 0.29) is 23.1 Å². The molecule has 0 radical (unpaired) electrons. The van der Waals surface area contributed by atoms with E-state index in [9.17, 15) is 8.78 Å². The van der Waals surface area contributed by atoms with Crippen molar-refractivity contribution in [1.29, 1.82) is 0 Å². The number of aromatic amines is 1. The van der Waals surface area contributed by atoms with Crippen molar-refractivity contribution in [2.24, 2.45) is 0 Å². The fourth-order valence-electron chi connectivity index (χ4n) is 2.97. The van der Waals surface area contributed by atoms with E-state index in [1.807, 2.05) is 19.1 Å². The van der Waals surface area contributed by atoms with Gasteiger partial charge in [-0.3, -0.25) is 5.10 Å². The van der Waals surface area contributed by atoms with Gasteiger partial charge in [0.05, 0.1) is 11.7 Å². The van der Waals surface area contributed by atoms with E-state index in [0.29, 0.717) is 17.2 Å². The lowest BCUT2D eigenvalue weighted by Gasteiger charge is -2.08. The Kier molecular flexibility index (Phi) is 6.50. The minimum Gasteiger partial charge on any atom is -0.454 e. The molecule has 0 bridgehead atoms. The van der Waals surface area contributed by atoms with Crippen LogP contribution in [0.25, 0.3) is 10.9 Å². The van der Waals surface area contributed by atoms with Gasteiger partial charge in [0.1, 0.15) is 11.5 Å². The van der Waals surface area contributed by atoms with Crippen LogP contribution in [0.4, 0.5) is 14.5 Å². The summed E-state index contributed by atoms with van der Waals surface area (Å²) in [6.07, 6.45) is 1.72. The van der Waals surface area contributed by atoms with Crippen molar-refractivity contribution in [3.63, 3.8) is 0 Å². The number of nitrogens with two attached hydrogens (primary N) is 1. The first-order chi connectivity index (χ1) is 16.0. The minimum atomic E-state index is -0.387. The Balaban J connectivity index is 0.000000157. The number of aryl methyl sites for hydroxylation is 1. The van der Waals surface area contributed by atoms with E-state index in [1.54, 1.807) is 66.9 Å². The monoisotopic (exact) mass is 445 g/mol. The van der Waals surface area contributed by atoms with Crippen LogP contribution in [0.5, 0.6) is 23.0 Å². The SMILES string of the molecule is Cc1ccc(Oc2ccccc2F)cc1N.Fc1ccccc1Oc1ccc2cn[nH]c2c1. The van der Waals surface area contributed by atoms with Crippen molar-refractivity contribution in [3.05, 3.63) is 108 Å². The maximum Gasteiger partial charge on any atom is 0.165 e. The standard InChI is InChI=1S/C13H9FN2O.C13H12FNO/c14-11-3-1-2-4-13(11)17-10-6-5-9-8-15-16-12(9)7-10;1-9-6-7-10(8-12(9)15)16-13-5-3-2-4-11(13)14/h1-8H,(H,15,16);2-8H,15H2,1H3. The summed E-state index contributed by atoms with van der Waals surface area (Å²) in [6.45, 7) is 1.90. The number of halogens is 2. The summed E-state index contributed by atoms with van der Waals surface area (Å²) in [5, 5.41) is 7.74. The van der Waals surface area contributed by atoms with Crippen LogP contribution in [0.3, 0.4) is 0 Å². The first kappa shape index (κ1) is 21.8. The summed E-state index contributed by atoms with van der Waals surface area (Å²) >= 11 is 0. The Morgan fingerprint density at radius 1 is 0.758 bits per heavy atom. The van der Waals surface area contributed by atoms with Crippen molar-refractivity contribution < 1.29 is 18.3 Å². The van der Waals surface area contributed by atoms with Gasteiger partial charge >= 0.3 is 0 Å². The number of ether oxygens (including phenoxy) is 2. The first-order valence-electron chi connectivity index (χ1n) is 10.1. The van der Waals surface area contributed by atoms with Crippen molar-refractivity contribution in [1.82, 2.24) is 10.2 Å². The van der Waals surface area contributed by atoms with Gasteiger partial charge in [-0.15, -0.1) is 0 Å². The Morgan fingerprint density at radius 3 is 1.94 bits per heavy atom. The highest BCUT2D eigenvalue weighted by atomic mass is 19.1. The molecular formula is C26H21F2N3O2. The number of nitrogens with one attached hydrogen (secondary N) is 1. The molecule has 0 fully saturated rings. The van der Waals surface area contributed by atoms with Crippen molar-refractivity contribution in [2.45, 2.75) is 6.92 Å². The fraction of sp³-hybridized carbons (Fsp3) is 0.0385. The highest BCUT2D eigenvalue weighted by Crippen LogP contribution is 2.27. The third-order valence-electron chi connectivity index (χ3n) is 4.79. The second-order valence-corrected chi connectivity index (χ2v) is 7.20. The maximum atomic E-state index is 13.4. The zero-order valence-electron chi connectivity index (χ0n) is 17.8. The quantitative estimate of drug-likeness (QED) is 0.292. The highest BCUT2D eigenvalue weighted by molar-refractivity contribution is 5.79. The van der Waals surface area contributed by atoms with Gasteiger partial charge in [-0.25, -0.2) is 8.78 Å². The fourth-order valence-corrected chi connectivity index (χ4v) is 2.97. The number of para-hydroxylation sites is 2. The van der Waals surface area contributed by atoms with Gasteiger partial charge in [0.15, 0.2) is 23.1 Å². The molecule has 0 amide bonds. The molecule has 0 aliphatic heterocycles. The van der Waals surface area contributed by atoms with E-state index in [2.05, 4.69) is 10.2 Å². The number of H-pyrrole nitrogens is 1. The van der Waals surface area contributed by atoms with Crippen LogP contribution in [0.2, 0.25) is 0 Å².